The molecule has 29 heavy (non-hydrogen) atoms. The Balaban J connectivity index is 1.89. The smallest absolute Gasteiger partial charge is 0.323 e. The van der Waals surface area contributed by atoms with Gasteiger partial charge in [0.05, 0.1) is 9.80 Å². The number of carbonyl (C=O) groups excluding carboxylic acids is 1. The van der Waals surface area contributed by atoms with Crippen molar-refractivity contribution in [3.8, 4) is 0 Å². The van der Waals surface area contributed by atoms with E-state index in [-0.39, 0.29) is 27.6 Å². The summed E-state index contributed by atoms with van der Waals surface area (Å²) >= 11 is 0. The number of sulfone groups is 1. The molecule has 0 aromatic heterocycles. The Morgan fingerprint density at radius 2 is 2.03 bits per heavy atom. The maximum absolute atomic E-state index is 13.0. The van der Waals surface area contributed by atoms with E-state index in [1.54, 1.807) is 42.5 Å². The van der Waals surface area contributed by atoms with Crippen molar-refractivity contribution in [1.29, 1.82) is 0 Å². The monoisotopic (exact) mass is 418 g/mol. The van der Waals surface area contributed by atoms with Gasteiger partial charge in [0.25, 0.3) is 0 Å². The van der Waals surface area contributed by atoms with Gasteiger partial charge in [-0.3, -0.25) is 4.79 Å². The lowest BCUT2D eigenvalue weighted by Crippen LogP contribution is -2.42. The molecule has 2 aliphatic rings. The third kappa shape index (κ3) is 4.79. The second-order valence-corrected chi connectivity index (χ2v) is 9.84. The average Bonchev–Trinajstić information content (AvgIpc) is 3.27. The number of benzene rings is 1. The minimum Gasteiger partial charge on any atom is -0.456 e. The molecule has 6 nitrogen and oxygen atoms in total. The fourth-order valence-electron chi connectivity index (χ4n) is 3.80. The van der Waals surface area contributed by atoms with Crippen molar-refractivity contribution in [2.24, 2.45) is 23.5 Å². The Morgan fingerprint density at radius 3 is 2.66 bits per heavy atom. The number of rotatable bonds is 7. The quantitative estimate of drug-likeness (QED) is 0.660. The molecule has 1 aliphatic carbocycles. The third-order valence-electron chi connectivity index (χ3n) is 5.98. The highest BCUT2D eigenvalue weighted by molar-refractivity contribution is 7.95. The lowest BCUT2D eigenvalue weighted by atomic mass is 9.84. The van der Waals surface area contributed by atoms with Crippen molar-refractivity contribution in [1.82, 2.24) is 5.32 Å². The normalized spacial score (nSPS) is 26.6. The number of esters is 1. The van der Waals surface area contributed by atoms with Crippen molar-refractivity contribution < 1.29 is 17.9 Å². The van der Waals surface area contributed by atoms with Gasteiger partial charge in [-0.05, 0) is 55.6 Å². The summed E-state index contributed by atoms with van der Waals surface area (Å²) in [5, 5.41) is 3.32. The summed E-state index contributed by atoms with van der Waals surface area (Å²) in [4.78, 5) is 13.0. The summed E-state index contributed by atoms with van der Waals surface area (Å²) in [7, 11) is -3.68. The predicted molar refractivity (Wildman–Crippen MR) is 113 cm³/mol. The van der Waals surface area contributed by atoms with Crippen LogP contribution < -0.4 is 11.1 Å². The van der Waals surface area contributed by atoms with Crippen LogP contribution in [-0.2, 0) is 19.4 Å². The number of ether oxygens (including phenoxy) is 1. The molecule has 1 fully saturated rings. The minimum absolute atomic E-state index is 0.00951. The van der Waals surface area contributed by atoms with Crippen LogP contribution in [0.4, 0.5) is 0 Å². The number of nitrogens with two attached hydrogens (primary N) is 1. The molecule has 1 aliphatic heterocycles. The summed E-state index contributed by atoms with van der Waals surface area (Å²) < 4.78 is 31.9. The predicted octanol–water partition coefficient (Wildman–Crippen LogP) is 2.42. The maximum atomic E-state index is 13.0. The topological polar surface area (TPSA) is 98.5 Å². The van der Waals surface area contributed by atoms with Gasteiger partial charge in [-0.2, -0.15) is 0 Å². The highest BCUT2D eigenvalue weighted by atomic mass is 32.2. The van der Waals surface area contributed by atoms with E-state index in [0.717, 1.165) is 25.9 Å². The summed E-state index contributed by atoms with van der Waals surface area (Å²) in [6, 6.07) is 7.56. The zero-order chi connectivity index (χ0) is 21.0. The van der Waals surface area contributed by atoms with Gasteiger partial charge in [0.2, 0.25) is 9.84 Å². The zero-order valence-electron chi connectivity index (χ0n) is 17.0. The van der Waals surface area contributed by atoms with Crippen molar-refractivity contribution in [2.75, 3.05) is 13.1 Å². The van der Waals surface area contributed by atoms with E-state index < -0.39 is 28.0 Å². The number of hydrogen-bond acceptors (Lipinski definition) is 6. The number of allylic oxidation sites excluding steroid dienone is 1. The zero-order valence-corrected chi connectivity index (χ0v) is 17.8. The molecule has 0 saturated carbocycles. The first kappa shape index (κ1) is 21.7. The Morgan fingerprint density at radius 1 is 1.31 bits per heavy atom. The molecule has 0 amide bonds. The van der Waals surface area contributed by atoms with Crippen LogP contribution in [0.3, 0.4) is 0 Å². The van der Waals surface area contributed by atoms with E-state index in [1.165, 1.54) is 0 Å². The summed E-state index contributed by atoms with van der Waals surface area (Å²) in [6.45, 7) is 5.60. The van der Waals surface area contributed by atoms with E-state index in [0.29, 0.717) is 0 Å². The van der Waals surface area contributed by atoms with Gasteiger partial charge in [0.1, 0.15) is 12.1 Å². The van der Waals surface area contributed by atoms with Crippen LogP contribution in [-0.4, -0.2) is 39.6 Å². The second kappa shape index (κ2) is 9.24. The van der Waals surface area contributed by atoms with Gasteiger partial charge in [-0.1, -0.05) is 44.5 Å². The molecule has 3 rings (SSSR count). The van der Waals surface area contributed by atoms with Crippen molar-refractivity contribution in [3.63, 3.8) is 0 Å². The van der Waals surface area contributed by atoms with Gasteiger partial charge >= 0.3 is 5.97 Å². The fourth-order valence-corrected chi connectivity index (χ4v) is 5.16. The Bertz CT molecular complexity index is 873. The van der Waals surface area contributed by atoms with Crippen LogP contribution in [0.1, 0.15) is 26.7 Å². The van der Waals surface area contributed by atoms with Crippen LogP contribution in [0.2, 0.25) is 0 Å². The SMILES string of the molecule is CC[C@@H](C)[C@@H](N)C(=O)OC1C=C(S(=O)(=O)c2ccccc2)C=CC1[C@@H]1CCNC1. The standard InChI is InChI=1S/C22H30N2O4S/c1-3-15(2)21(23)22(25)28-20-13-18(9-10-19(20)16-11-12-24-14-16)29(26,27)17-7-5-4-6-8-17/h4-10,13,15-16,19-21,24H,3,11-12,14,23H2,1-2H3/t15-,16-,19?,20?,21-/m1/s1. The molecule has 5 atom stereocenters. The molecular formula is C22H30N2O4S. The van der Waals surface area contributed by atoms with E-state index in [1.807, 2.05) is 19.9 Å². The van der Waals surface area contributed by atoms with E-state index >= 15 is 0 Å². The first-order valence-corrected chi connectivity index (χ1v) is 11.7. The fraction of sp³-hybridized carbons (Fsp3) is 0.500. The first-order chi connectivity index (χ1) is 13.8. The molecule has 0 bridgehead atoms. The van der Waals surface area contributed by atoms with Crippen molar-refractivity contribution in [3.05, 3.63) is 53.5 Å². The molecule has 158 valence electrons. The van der Waals surface area contributed by atoms with Gasteiger partial charge in [0.15, 0.2) is 0 Å². The second-order valence-electron chi connectivity index (χ2n) is 7.89. The maximum Gasteiger partial charge on any atom is 0.323 e. The first-order valence-electron chi connectivity index (χ1n) is 10.2. The van der Waals surface area contributed by atoms with Gasteiger partial charge in [-0.25, -0.2) is 8.42 Å². The summed E-state index contributed by atoms with van der Waals surface area (Å²) in [5.74, 6) is -0.290. The molecule has 3 N–H and O–H groups in total. The van der Waals surface area contributed by atoms with Crippen LogP contribution in [0, 0.1) is 17.8 Å². The highest BCUT2D eigenvalue weighted by Crippen LogP contribution is 2.33. The molecule has 0 radical (unpaired) electrons. The minimum atomic E-state index is -3.68. The Labute approximate surface area is 173 Å². The molecule has 1 saturated heterocycles. The Hall–Kier alpha value is -1.96. The highest BCUT2D eigenvalue weighted by Gasteiger charge is 2.36. The van der Waals surface area contributed by atoms with Crippen LogP contribution in [0.25, 0.3) is 0 Å². The lowest BCUT2D eigenvalue weighted by Gasteiger charge is -2.31. The molecule has 0 spiro atoms. The van der Waals surface area contributed by atoms with Crippen molar-refractivity contribution in [2.45, 2.75) is 43.7 Å². The molecule has 2 unspecified atom stereocenters. The Kier molecular flexibility index (Phi) is 6.93. The van der Waals surface area contributed by atoms with Crippen LogP contribution in [0.15, 0.2) is 58.4 Å². The lowest BCUT2D eigenvalue weighted by molar-refractivity contribution is -0.152. The summed E-state index contributed by atoms with van der Waals surface area (Å²) in [6.07, 6.45) is 6.16. The third-order valence-corrected chi connectivity index (χ3v) is 7.76. The van der Waals surface area contributed by atoms with Gasteiger partial charge in [-0.15, -0.1) is 0 Å². The van der Waals surface area contributed by atoms with E-state index in [2.05, 4.69) is 5.32 Å². The largest absolute Gasteiger partial charge is 0.456 e. The van der Waals surface area contributed by atoms with Crippen LogP contribution in [0.5, 0.6) is 0 Å². The molecule has 7 heteroatoms. The van der Waals surface area contributed by atoms with Gasteiger partial charge in [0, 0.05) is 5.92 Å². The number of nitrogens with one attached hydrogen (secondary N) is 1. The summed E-state index contributed by atoms with van der Waals surface area (Å²) in [5.41, 5.74) is 6.05. The number of hydrogen-bond donors (Lipinski definition) is 2. The van der Waals surface area contributed by atoms with Crippen LogP contribution >= 0.6 is 0 Å². The molecule has 1 aromatic carbocycles. The molecule has 1 aromatic rings. The number of carbonyl (C=O) groups is 1. The molecule has 1 heterocycles. The van der Waals surface area contributed by atoms with Gasteiger partial charge < -0.3 is 15.8 Å². The molecular weight excluding hydrogens is 388 g/mol. The average molecular weight is 419 g/mol. The van der Waals surface area contributed by atoms with Crippen molar-refractivity contribution >= 4 is 15.8 Å². The van der Waals surface area contributed by atoms with E-state index in [9.17, 15) is 13.2 Å². The van der Waals surface area contributed by atoms with E-state index in [4.69, 9.17) is 10.5 Å².